The molecule has 1 aromatic carbocycles. The van der Waals surface area contributed by atoms with Crippen molar-refractivity contribution in [1.82, 2.24) is 4.48 Å². The smallest absolute Gasteiger partial charge is 0.408 e. The fraction of sp³-hybridized carbons (Fsp3) is 0.308. The highest BCUT2D eigenvalue weighted by Gasteiger charge is 2.41. The number of halogens is 1. The van der Waals surface area contributed by atoms with Crippen LogP contribution in [0.2, 0.25) is 0 Å². The number of benzene rings is 1. The van der Waals surface area contributed by atoms with Crippen LogP contribution in [0.5, 0.6) is 0 Å². The number of para-hydroxylation sites is 1. The van der Waals surface area contributed by atoms with Crippen LogP contribution in [0.4, 0.5) is 10.5 Å². The quantitative estimate of drug-likeness (QED) is 0.616. The van der Waals surface area contributed by atoms with Crippen LogP contribution in [0, 0.1) is 0 Å². The Kier molecular flexibility index (Phi) is 3.64. The Hall–Kier alpha value is -1.13. The van der Waals surface area contributed by atoms with Gasteiger partial charge in [0.25, 0.3) is 0 Å². The van der Waals surface area contributed by atoms with Crippen LogP contribution < -0.4 is 4.48 Å². The zero-order valence-electron chi connectivity index (χ0n) is 9.73. The second-order valence-electron chi connectivity index (χ2n) is 3.92. The van der Waals surface area contributed by atoms with Crippen molar-refractivity contribution < 1.29 is 9.53 Å². The SMILES string of the molecule is CC[N+]1(C(=O)OCBr)C=CCc2ccccc21. The van der Waals surface area contributed by atoms with Gasteiger partial charge < -0.3 is 4.74 Å². The van der Waals surface area contributed by atoms with Crippen molar-refractivity contribution in [3.63, 3.8) is 0 Å². The maximum Gasteiger partial charge on any atom is 0.526 e. The summed E-state index contributed by atoms with van der Waals surface area (Å²) in [5.74, 6) is 0. The first-order chi connectivity index (χ1) is 8.24. The van der Waals surface area contributed by atoms with Gasteiger partial charge in [0.05, 0.1) is 6.54 Å². The highest BCUT2D eigenvalue weighted by atomic mass is 79.9. The first kappa shape index (κ1) is 12.3. The highest BCUT2D eigenvalue weighted by molar-refractivity contribution is 9.09. The molecular weight excluding hydrogens is 282 g/mol. The zero-order chi connectivity index (χ0) is 12.3. The van der Waals surface area contributed by atoms with Gasteiger partial charge in [-0.2, -0.15) is 9.28 Å². The van der Waals surface area contributed by atoms with E-state index in [1.54, 1.807) is 0 Å². The molecule has 0 radical (unpaired) electrons. The molecule has 0 aliphatic carbocycles. The summed E-state index contributed by atoms with van der Waals surface area (Å²) in [5, 5.41) is 0. The number of carbonyl (C=O) groups is 1. The number of hydrogen-bond donors (Lipinski definition) is 0. The molecule has 0 aromatic heterocycles. The maximum absolute atomic E-state index is 12.2. The Morgan fingerprint density at radius 2 is 2.24 bits per heavy atom. The summed E-state index contributed by atoms with van der Waals surface area (Å²) in [7, 11) is 0. The van der Waals surface area contributed by atoms with Crippen molar-refractivity contribution in [1.29, 1.82) is 0 Å². The Balaban J connectivity index is 2.50. The van der Waals surface area contributed by atoms with Gasteiger partial charge in [0.1, 0.15) is 6.20 Å². The summed E-state index contributed by atoms with van der Waals surface area (Å²) in [6.07, 6.45) is 4.58. The Morgan fingerprint density at radius 3 is 2.94 bits per heavy atom. The Labute approximate surface area is 109 Å². The maximum atomic E-state index is 12.2. The number of alkyl halides is 1. The van der Waals surface area contributed by atoms with Crippen molar-refractivity contribution in [3.8, 4) is 0 Å². The summed E-state index contributed by atoms with van der Waals surface area (Å²) in [6, 6.07) is 8.01. The third-order valence-electron chi connectivity index (χ3n) is 3.12. The van der Waals surface area contributed by atoms with E-state index >= 15 is 0 Å². The molecule has 1 atom stereocenters. The van der Waals surface area contributed by atoms with E-state index in [0.29, 0.717) is 6.54 Å². The van der Waals surface area contributed by atoms with E-state index in [0.717, 1.165) is 12.1 Å². The number of nitrogens with zero attached hydrogens (tertiary/aromatic N) is 1. The van der Waals surface area contributed by atoms with Gasteiger partial charge in [-0.05, 0) is 28.9 Å². The van der Waals surface area contributed by atoms with Crippen LogP contribution >= 0.6 is 15.9 Å². The lowest BCUT2D eigenvalue weighted by Crippen LogP contribution is -2.51. The molecule has 1 aromatic rings. The summed E-state index contributed by atoms with van der Waals surface area (Å²) in [5.41, 5.74) is 2.42. The van der Waals surface area contributed by atoms with E-state index in [1.807, 2.05) is 37.4 Å². The lowest BCUT2D eigenvalue weighted by Gasteiger charge is -2.32. The predicted molar refractivity (Wildman–Crippen MR) is 71.9 cm³/mol. The number of carbonyl (C=O) groups excluding carboxylic acids is 1. The van der Waals surface area contributed by atoms with Crippen LogP contribution in [0.3, 0.4) is 0 Å². The third-order valence-corrected chi connectivity index (χ3v) is 3.35. The van der Waals surface area contributed by atoms with Gasteiger partial charge in [0.2, 0.25) is 0 Å². The van der Waals surface area contributed by atoms with Gasteiger partial charge in [-0.3, -0.25) is 0 Å². The van der Waals surface area contributed by atoms with Crippen molar-refractivity contribution in [3.05, 3.63) is 42.1 Å². The average molecular weight is 297 g/mol. The van der Waals surface area contributed by atoms with Crippen molar-refractivity contribution in [2.24, 2.45) is 0 Å². The largest absolute Gasteiger partial charge is 0.526 e. The van der Waals surface area contributed by atoms with Gasteiger partial charge in [-0.15, -0.1) is 0 Å². The molecule has 1 heterocycles. The van der Waals surface area contributed by atoms with Crippen LogP contribution in [0.15, 0.2) is 36.5 Å². The zero-order valence-corrected chi connectivity index (χ0v) is 11.3. The monoisotopic (exact) mass is 296 g/mol. The van der Waals surface area contributed by atoms with E-state index in [1.165, 1.54) is 5.56 Å². The van der Waals surface area contributed by atoms with Gasteiger partial charge in [0.15, 0.2) is 11.2 Å². The molecule has 3 nitrogen and oxygen atoms in total. The molecule has 90 valence electrons. The van der Waals surface area contributed by atoms with E-state index in [4.69, 9.17) is 4.74 Å². The molecule has 2 rings (SSSR count). The topological polar surface area (TPSA) is 26.3 Å². The molecule has 0 saturated carbocycles. The van der Waals surface area contributed by atoms with Gasteiger partial charge in [0, 0.05) is 18.1 Å². The summed E-state index contributed by atoms with van der Waals surface area (Å²) in [4.78, 5) is 12.2. The standard InChI is InChI=1S/C13H15BrNO2/c1-2-15(13(16)17-10-14)9-5-7-11-6-3-4-8-12(11)15/h3-6,8-9H,2,7,10H2,1H3/q+1. The molecule has 0 bridgehead atoms. The predicted octanol–water partition coefficient (Wildman–Crippen LogP) is 3.57. The second-order valence-corrected chi connectivity index (χ2v) is 4.38. The van der Waals surface area contributed by atoms with E-state index < -0.39 is 0 Å². The first-order valence-corrected chi connectivity index (χ1v) is 6.74. The first-order valence-electron chi connectivity index (χ1n) is 5.62. The minimum Gasteiger partial charge on any atom is -0.408 e. The number of ether oxygens (including phenoxy) is 1. The molecule has 17 heavy (non-hydrogen) atoms. The molecule has 0 fully saturated rings. The van der Waals surface area contributed by atoms with Gasteiger partial charge in [-0.25, -0.2) is 0 Å². The summed E-state index contributed by atoms with van der Waals surface area (Å²) < 4.78 is 5.27. The van der Waals surface area contributed by atoms with Crippen LogP contribution in [-0.2, 0) is 11.2 Å². The number of quaternary nitrogens is 1. The van der Waals surface area contributed by atoms with Crippen molar-refractivity contribution in [2.45, 2.75) is 13.3 Å². The minimum absolute atomic E-state index is 0.141. The summed E-state index contributed by atoms with van der Waals surface area (Å²) >= 11 is 3.13. The number of allylic oxidation sites excluding steroid dienone is 1. The van der Waals surface area contributed by atoms with Crippen LogP contribution in [-0.4, -0.2) is 18.2 Å². The molecule has 0 spiro atoms. The summed E-state index contributed by atoms with van der Waals surface area (Å²) in [6.45, 7) is 2.64. The van der Waals surface area contributed by atoms with E-state index in [-0.39, 0.29) is 16.1 Å². The molecule has 0 N–H and O–H groups in total. The molecule has 4 heteroatoms. The van der Waals surface area contributed by atoms with E-state index in [2.05, 4.69) is 22.0 Å². The Bertz CT molecular complexity index is 458. The second kappa shape index (κ2) is 5.02. The van der Waals surface area contributed by atoms with Crippen LogP contribution in [0.1, 0.15) is 12.5 Å². The van der Waals surface area contributed by atoms with Crippen molar-refractivity contribution in [2.75, 3.05) is 12.1 Å². The fourth-order valence-electron chi connectivity index (χ4n) is 2.24. The molecule has 1 aliphatic heterocycles. The van der Waals surface area contributed by atoms with E-state index in [9.17, 15) is 4.79 Å². The number of rotatable bonds is 2. The molecule has 1 aliphatic rings. The molecule has 1 unspecified atom stereocenters. The fourth-order valence-corrected chi connectivity index (χ4v) is 2.43. The van der Waals surface area contributed by atoms with Crippen LogP contribution in [0.25, 0.3) is 0 Å². The number of fused-ring (bicyclic) bond motifs is 1. The molecule has 0 saturated heterocycles. The normalized spacial score (nSPS) is 22.0. The number of amides is 1. The third kappa shape index (κ3) is 2.03. The highest BCUT2D eigenvalue weighted by Crippen LogP contribution is 2.33. The van der Waals surface area contributed by atoms with Gasteiger partial charge in [-0.1, -0.05) is 18.2 Å². The number of hydrogen-bond acceptors (Lipinski definition) is 2. The lowest BCUT2D eigenvalue weighted by molar-refractivity contribution is 0.137. The average Bonchev–Trinajstić information content (AvgIpc) is 2.38. The molecular formula is C13H15BrNO2+. The van der Waals surface area contributed by atoms with Crippen molar-refractivity contribution >= 4 is 27.7 Å². The Morgan fingerprint density at radius 1 is 1.47 bits per heavy atom. The minimum atomic E-state index is -0.243. The molecule has 1 amide bonds. The van der Waals surface area contributed by atoms with Gasteiger partial charge >= 0.3 is 6.09 Å². The lowest BCUT2D eigenvalue weighted by atomic mass is 10.0.